The third-order valence-electron chi connectivity index (χ3n) is 4.23. The second-order valence-electron chi connectivity index (χ2n) is 5.81. The summed E-state index contributed by atoms with van der Waals surface area (Å²) >= 11 is 0. The molecule has 0 bridgehead atoms. The topological polar surface area (TPSA) is 65.1 Å². The number of carbonyl (C=O) groups excluding carboxylic acids is 2. The maximum atomic E-state index is 12.7. The van der Waals surface area contributed by atoms with Gasteiger partial charge in [0, 0.05) is 18.5 Å². The van der Waals surface area contributed by atoms with Crippen molar-refractivity contribution in [2.75, 3.05) is 27.9 Å². The van der Waals surface area contributed by atoms with Gasteiger partial charge in [-0.2, -0.15) is 13.2 Å². The first-order valence-electron chi connectivity index (χ1n) is 7.92. The number of nitrogens with zero attached hydrogens (tertiary/aromatic N) is 1. The third kappa shape index (κ3) is 4.20. The molecule has 0 radical (unpaired) electrons. The Labute approximate surface area is 148 Å². The van der Waals surface area contributed by atoms with Crippen molar-refractivity contribution in [3.63, 3.8) is 0 Å². The van der Waals surface area contributed by atoms with Crippen LogP contribution >= 0.6 is 0 Å². The molecule has 1 aromatic rings. The smallest absolute Gasteiger partial charge is 0.389 e. The zero-order chi connectivity index (χ0) is 19.5. The SMILES string of the molecule is COC(=O)[C@H]1CCN1C(=O)c1cc(CCC(F)(F)F)c(OC)c(OC)c1. The van der Waals surface area contributed by atoms with Crippen molar-refractivity contribution in [3.05, 3.63) is 23.3 Å². The molecular formula is C17H20F3NO5. The molecule has 1 aliphatic heterocycles. The summed E-state index contributed by atoms with van der Waals surface area (Å²) in [4.78, 5) is 25.7. The summed E-state index contributed by atoms with van der Waals surface area (Å²) in [5, 5.41) is 0. The van der Waals surface area contributed by atoms with Crippen molar-refractivity contribution in [1.82, 2.24) is 4.90 Å². The van der Waals surface area contributed by atoms with Gasteiger partial charge in [0.05, 0.1) is 21.3 Å². The maximum absolute atomic E-state index is 12.7. The second kappa shape index (κ2) is 7.84. The standard InChI is InChI=1S/C17H20F3NO5/c1-24-13-9-11(15(22)21-7-5-12(21)16(23)26-3)8-10(14(13)25-2)4-6-17(18,19)20/h8-9,12H,4-7H2,1-3H3/t12-/m1/s1. The Morgan fingerprint density at radius 2 is 1.88 bits per heavy atom. The lowest BCUT2D eigenvalue weighted by molar-refractivity contribution is -0.150. The number of amides is 1. The van der Waals surface area contributed by atoms with Crippen molar-refractivity contribution in [1.29, 1.82) is 0 Å². The lowest BCUT2D eigenvalue weighted by Gasteiger charge is -2.38. The van der Waals surface area contributed by atoms with E-state index in [1.54, 1.807) is 0 Å². The van der Waals surface area contributed by atoms with Gasteiger partial charge in [-0.15, -0.1) is 0 Å². The molecule has 1 heterocycles. The molecular weight excluding hydrogens is 355 g/mol. The third-order valence-corrected chi connectivity index (χ3v) is 4.23. The quantitative estimate of drug-likeness (QED) is 0.715. The molecule has 0 unspecified atom stereocenters. The normalized spacial score (nSPS) is 16.7. The van der Waals surface area contributed by atoms with Gasteiger partial charge in [-0.3, -0.25) is 4.79 Å². The van der Waals surface area contributed by atoms with Crippen LogP contribution < -0.4 is 9.47 Å². The van der Waals surface area contributed by atoms with Crippen LogP contribution in [0.4, 0.5) is 13.2 Å². The molecule has 0 aromatic heterocycles. The van der Waals surface area contributed by atoms with Crippen LogP contribution in [0.2, 0.25) is 0 Å². The van der Waals surface area contributed by atoms with E-state index in [4.69, 9.17) is 9.47 Å². The number of hydrogen-bond donors (Lipinski definition) is 0. The van der Waals surface area contributed by atoms with Crippen LogP contribution in [0.5, 0.6) is 11.5 Å². The number of alkyl halides is 3. The summed E-state index contributed by atoms with van der Waals surface area (Å²) in [6.07, 6.45) is -5.28. The van der Waals surface area contributed by atoms with E-state index in [1.807, 2.05) is 0 Å². The number of halogens is 3. The van der Waals surface area contributed by atoms with Crippen molar-refractivity contribution in [2.45, 2.75) is 31.5 Å². The van der Waals surface area contributed by atoms with Crippen LogP contribution in [-0.4, -0.2) is 56.9 Å². The predicted octanol–water partition coefficient (Wildman–Crippen LogP) is 2.59. The van der Waals surface area contributed by atoms with Crippen LogP contribution in [0, 0.1) is 0 Å². The predicted molar refractivity (Wildman–Crippen MR) is 85.4 cm³/mol. The monoisotopic (exact) mass is 375 g/mol. The van der Waals surface area contributed by atoms with Crippen molar-refractivity contribution >= 4 is 11.9 Å². The highest BCUT2D eigenvalue weighted by atomic mass is 19.4. The average molecular weight is 375 g/mol. The number of ether oxygens (including phenoxy) is 3. The minimum atomic E-state index is -4.34. The molecule has 1 aromatic carbocycles. The molecule has 9 heteroatoms. The van der Waals surface area contributed by atoms with Crippen molar-refractivity contribution < 1.29 is 37.0 Å². The Kier molecular flexibility index (Phi) is 5.99. The zero-order valence-electron chi connectivity index (χ0n) is 14.7. The lowest BCUT2D eigenvalue weighted by atomic mass is 9.98. The fourth-order valence-corrected chi connectivity index (χ4v) is 2.81. The minimum absolute atomic E-state index is 0.133. The summed E-state index contributed by atoms with van der Waals surface area (Å²) in [6, 6.07) is 2.06. The zero-order valence-corrected chi connectivity index (χ0v) is 14.7. The largest absolute Gasteiger partial charge is 0.493 e. The van der Waals surface area contributed by atoms with Gasteiger partial charge >= 0.3 is 12.1 Å². The fourth-order valence-electron chi connectivity index (χ4n) is 2.81. The molecule has 6 nitrogen and oxygen atoms in total. The number of rotatable bonds is 6. The van der Waals surface area contributed by atoms with Crippen LogP contribution in [0.1, 0.15) is 28.8 Å². The van der Waals surface area contributed by atoms with E-state index in [-0.39, 0.29) is 29.0 Å². The van der Waals surface area contributed by atoms with Gasteiger partial charge in [0.15, 0.2) is 11.5 Å². The number of hydrogen-bond acceptors (Lipinski definition) is 5. The molecule has 1 fully saturated rings. The van der Waals surface area contributed by atoms with Crippen molar-refractivity contribution in [3.8, 4) is 11.5 Å². The Morgan fingerprint density at radius 3 is 2.35 bits per heavy atom. The van der Waals surface area contributed by atoms with Crippen LogP contribution in [0.15, 0.2) is 12.1 Å². The Balaban J connectivity index is 2.33. The highest BCUT2D eigenvalue weighted by Gasteiger charge is 2.39. The number of aryl methyl sites for hydroxylation is 1. The number of benzene rings is 1. The fraction of sp³-hybridized carbons (Fsp3) is 0.529. The maximum Gasteiger partial charge on any atom is 0.389 e. The van der Waals surface area contributed by atoms with Crippen LogP contribution in [0.3, 0.4) is 0 Å². The molecule has 2 rings (SSSR count). The van der Waals surface area contributed by atoms with Gasteiger partial charge in [0.25, 0.3) is 5.91 Å². The van der Waals surface area contributed by atoms with Gasteiger partial charge in [-0.1, -0.05) is 0 Å². The first-order chi connectivity index (χ1) is 12.2. The molecule has 0 N–H and O–H groups in total. The summed E-state index contributed by atoms with van der Waals surface area (Å²) in [6.45, 7) is 0.366. The Morgan fingerprint density at radius 1 is 1.19 bits per heavy atom. The minimum Gasteiger partial charge on any atom is -0.493 e. The molecule has 26 heavy (non-hydrogen) atoms. The Bertz CT molecular complexity index is 690. The second-order valence-corrected chi connectivity index (χ2v) is 5.81. The van der Waals surface area contributed by atoms with E-state index in [0.29, 0.717) is 13.0 Å². The summed E-state index contributed by atoms with van der Waals surface area (Å²) in [5.41, 5.74) is 0.344. The van der Waals surface area contributed by atoms with E-state index in [2.05, 4.69) is 4.74 Å². The van der Waals surface area contributed by atoms with Gasteiger partial charge in [0.2, 0.25) is 0 Å². The van der Waals surface area contributed by atoms with E-state index >= 15 is 0 Å². The summed E-state index contributed by atoms with van der Waals surface area (Å²) < 4.78 is 52.7. The van der Waals surface area contributed by atoms with Gasteiger partial charge < -0.3 is 19.1 Å². The van der Waals surface area contributed by atoms with E-state index in [9.17, 15) is 22.8 Å². The number of likely N-dealkylation sites (tertiary alicyclic amines) is 1. The molecule has 1 amide bonds. The molecule has 1 aliphatic rings. The number of carbonyl (C=O) groups is 2. The number of methoxy groups -OCH3 is 3. The van der Waals surface area contributed by atoms with E-state index < -0.39 is 30.5 Å². The highest BCUT2D eigenvalue weighted by molar-refractivity contribution is 5.98. The summed E-state index contributed by atoms with van der Waals surface area (Å²) in [7, 11) is 3.88. The van der Waals surface area contributed by atoms with E-state index in [1.165, 1.54) is 38.4 Å². The molecule has 0 aliphatic carbocycles. The lowest BCUT2D eigenvalue weighted by Crippen LogP contribution is -2.55. The van der Waals surface area contributed by atoms with Gasteiger partial charge in [-0.05, 0) is 30.5 Å². The number of esters is 1. The first-order valence-corrected chi connectivity index (χ1v) is 7.92. The highest BCUT2D eigenvalue weighted by Crippen LogP contribution is 2.36. The molecule has 1 atom stereocenters. The van der Waals surface area contributed by atoms with Crippen molar-refractivity contribution in [2.24, 2.45) is 0 Å². The molecule has 0 spiro atoms. The molecule has 0 saturated carbocycles. The van der Waals surface area contributed by atoms with Crippen LogP contribution in [0.25, 0.3) is 0 Å². The van der Waals surface area contributed by atoms with Gasteiger partial charge in [-0.25, -0.2) is 4.79 Å². The van der Waals surface area contributed by atoms with E-state index in [0.717, 1.165) is 0 Å². The molecule has 144 valence electrons. The van der Waals surface area contributed by atoms with Crippen LogP contribution in [-0.2, 0) is 16.0 Å². The van der Waals surface area contributed by atoms with Gasteiger partial charge in [0.1, 0.15) is 6.04 Å². The summed E-state index contributed by atoms with van der Waals surface area (Å²) in [5.74, 6) is -0.685. The average Bonchev–Trinajstić information content (AvgIpc) is 2.56. The first kappa shape index (κ1) is 19.9. The Hall–Kier alpha value is -2.45. The molecule has 1 saturated heterocycles.